The number of halogens is 2. The normalized spacial score (nSPS) is 30.6. The fraction of sp³-hybridized carbons (Fsp3) is 0.538. The Labute approximate surface area is 129 Å². The summed E-state index contributed by atoms with van der Waals surface area (Å²) < 4.78 is 27.4. The topological polar surface area (TPSA) is 49.4 Å². The third kappa shape index (κ3) is 2.25. The van der Waals surface area contributed by atoms with Gasteiger partial charge in [-0.15, -0.1) is 0 Å². The van der Waals surface area contributed by atoms with E-state index in [0.717, 1.165) is 13.0 Å². The highest BCUT2D eigenvalue weighted by molar-refractivity contribution is 7.89. The van der Waals surface area contributed by atoms with E-state index in [-0.39, 0.29) is 22.0 Å². The average Bonchev–Trinajstić information content (AvgIpc) is 2.91. The zero-order chi connectivity index (χ0) is 14.5. The summed E-state index contributed by atoms with van der Waals surface area (Å²) in [6.07, 6.45) is 0.884. The van der Waals surface area contributed by atoms with Gasteiger partial charge in [-0.3, -0.25) is 0 Å². The van der Waals surface area contributed by atoms with E-state index in [1.54, 1.807) is 10.4 Å². The molecule has 0 saturated carbocycles. The van der Waals surface area contributed by atoms with Crippen LogP contribution < -0.4 is 5.32 Å². The lowest BCUT2D eigenvalue weighted by atomic mass is 10.0. The van der Waals surface area contributed by atoms with Crippen molar-refractivity contribution in [2.24, 2.45) is 5.92 Å². The van der Waals surface area contributed by atoms with Crippen LogP contribution >= 0.6 is 23.2 Å². The van der Waals surface area contributed by atoms with E-state index in [9.17, 15) is 8.42 Å². The molecule has 110 valence electrons. The first kappa shape index (κ1) is 14.6. The Balaban J connectivity index is 2.05. The molecule has 1 aromatic rings. The molecular formula is C13H16Cl2N2O2S. The Morgan fingerprint density at radius 2 is 2.05 bits per heavy atom. The van der Waals surface area contributed by atoms with Crippen LogP contribution in [-0.2, 0) is 10.0 Å². The maximum atomic E-state index is 12.9. The number of fused-ring (bicyclic) bond motifs is 1. The zero-order valence-corrected chi connectivity index (χ0v) is 13.3. The van der Waals surface area contributed by atoms with Gasteiger partial charge in [0.05, 0.1) is 5.02 Å². The van der Waals surface area contributed by atoms with Crippen LogP contribution in [0.15, 0.2) is 23.1 Å². The summed E-state index contributed by atoms with van der Waals surface area (Å²) in [5.41, 5.74) is 0. The van der Waals surface area contributed by atoms with Crippen LogP contribution in [0.5, 0.6) is 0 Å². The lowest BCUT2D eigenvalue weighted by Crippen LogP contribution is -2.42. The van der Waals surface area contributed by atoms with Gasteiger partial charge in [0.2, 0.25) is 10.0 Å². The van der Waals surface area contributed by atoms with Crippen LogP contribution in [0.1, 0.15) is 13.3 Å². The fourth-order valence-electron chi connectivity index (χ4n) is 3.33. The largest absolute Gasteiger partial charge is 0.315 e. The van der Waals surface area contributed by atoms with E-state index in [2.05, 4.69) is 5.32 Å². The van der Waals surface area contributed by atoms with Gasteiger partial charge in [0, 0.05) is 23.7 Å². The van der Waals surface area contributed by atoms with E-state index >= 15 is 0 Å². The second kappa shape index (κ2) is 5.14. The Morgan fingerprint density at radius 1 is 1.30 bits per heavy atom. The second-order valence-electron chi connectivity index (χ2n) is 5.48. The van der Waals surface area contributed by atoms with Crippen LogP contribution in [0.2, 0.25) is 10.0 Å². The highest BCUT2D eigenvalue weighted by Gasteiger charge is 2.48. The predicted octanol–water partition coefficient (Wildman–Crippen LogP) is 2.36. The maximum Gasteiger partial charge on any atom is 0.245 e. The molecule has 3 atom stereocenters. The van der Waals surface area contributed by atoms with Crippen LogP contribution in [0.3, 0.4) is 0 Å². The van der Waals surface area contributed by atoms with Crippen molar-refractivity contribution in [2.75, 3.05) is 13.1 Å². The van der Waals surface area contributed by atoms with Gasteiger partial charge in [0.15, 0.2) is 0 Å². The van der Waals surface area contributed by atoms with Gasteiger partial charge in [0.25, 0.3) is 0 Å². The standard InChI is InChI=1S/C13H16Cl2N2O2S/c1-8-4-9-6-16-7-12(9)17(8)20(18,19)13-5-10(14)2-3-11(13)15/h2-3,5,8-9,12,16H,4,6-7H2,1H3. The van der Waals surface area contributed by atoms with Gasteiger partial charge >= 0.3 is 0 Å². The van der Waals surface area contributed by atoms with Crippen LogP contribution in [0.4, 0.5) is 0 Å². The monoisotopic (exact) mass is 334 g/mol. The molecule has 0 aliphatic carbocycles. The molecule has 2 heterocycles. The Hall–Kier alpha value is -0.330. The van der Waals surface area contributed by atoms with Crippen molar-refractivity contribution in [1.82, 2.24) is 9.62 Å². The summed E-state index contributed by atoms with van der Waals surface area (Å²) >= 11 is 12.0. The predicted molar refractivity (Wildman–Crippen MR) is 79.7 cm³/mol. The average molecular weight is 335 g/mol. The number of hydrogen-bond donors (Lipinski definition) is 1. The van der Waals surface area contributed by atoms with Crippen molar-refractivity contribution in [1.29, 1.82) is 0 Å². The fourth-order valence-corrected chi connectivity index (χ4v) is 5.96. The Bertz CT molecular complexity index is 635. The molecule has 3 rings (SSSR count). The summed E-state index contributed by atoms with van der Waals surface area (Å²) in [4.78, 5) is 0.103. The number of benzene rings is 1. The smallest absolute Gasteiger partial charge is 0.245 e. The second-order valence-corrected chi connectivity index (χ2v) is 8.14. The van der Waals surface area contributed by atoms with Crippen molar-refractivity contribution in [3.63, 3.8) is 0 Å². The van der Waals surface area contributed by atoms with E-state index in [4.69, 9.17) is 23.2 Å². The number of rotatable bonds is 2. The van der Waals surface area contributed by atoms with E-state index in [1.165, 1.54) is 12.1 Å². The zero-order valence-electron chi connectivity index (χ0n) is 11.0. The summed E-state index contributed by atoms with van der Waals surface area (Å²) in [6, 6.07) is 4.57. The number of sulfonamides is 1. The first-order chi connectivity index (χ1) is 9.41. The number of nitrogens with one attached hydrogen (secondary N) is 1. The molecule has 4 nitrogen and oxygen atoms in total. The molecule has 1 aromatic carbocycles. The molecule has 0 spiro atoms. The maximum absolute atomic E-state index is 12.9. The molecule has 0 bridgehead atoms. The van der Waals surface area contributed by atoms with Gasteiger partial charge in [-0.1, -0.05) is 23.2 Å². The highest BCUT2D eigenvalue weighted by Crippen LogP contribution is 2.38. The van der Waals surface area contributed by atoms with E-state index in [0.29, 0.717) is 17.5 Å². The highest BCUT2D eigenvalue weighted by atomic mass is 35.5. The molecule has 0 amide bonds. The van der Waals surface area contributed by atoms with Gasteiger partial charge in [0.1, 0.15) is 4.90 Å². The molecule has 2 fully saturated rings. The Morgan fingerprint density at radius 3 is 2.80 bits per heavy atom. The van der Waals surface area contributed by atoms with Crippen LogP contribution in [-0.4, -0.2) is 37.9 Å². The van der Waals surface area contributed by atoms with Crippen molar-refractivity contribution in [3.8, 4) is 0 Å². The molecule has 1 N–H and O–H groups in total. The molecule has 2 saturated heterocycles. The molecular weight excluding hydrogens is 319 g/mol. The lowest BCUT2D eigenvalue weighted by Gasteiger charge is -2.27. The molecule has 2 aliphatic heterocycles. The molecule has 20 heavy (non-hydrogen) atoms. The van der Waals surface area contributed by atoms with Gasteiger partial charge < -0.3 is 5.32 Å². The first-order valence-corrected chi connectivity index (χ1v) is 8.80. The van der Waals surface area contributed by atoms with Crippen LogP contribution in [0, 0.1) is 5.92 Å². The summed E-state index contributed by atoms with van der Waals surface area (Å²) in [5, 5.41) is 3.85. The van der Waals surface area contributed by atoms with Gasteiger partial charge in [-0.05, 0) is 44.0 Å². The SMILES string of the molecule is CC1CC2CNCC2N1S(=O)(=O)c1cc(Cl)ccc1Cl. The van der Waals surface area contributed by atoms with Crippen molar-refractivity contribution in [3.05, 3.63) is 28.2 Å². The molecule has 0 aromatic heterocycles. The molecule has 0 radical (unpaired) electrons. The summed E-state index contributed by atoms with van der Waals surface area (Å²) in [5.74, 6) is 0.387. The summed E-state index contributed by atoms with van der Waals surface area (Å²) in [7, 11) is -3.62. The third-order valence-corrected chi connectivity index (χ3v) is 6.91. The number of nitrogens with zero attached hydrogens (tertiary/aromatic N) is 1. The lowest BCUT2D eigenvalue weighted by molar-refractivity contribution is 0.336. The third-order valence-electron chi connectivity index (χ3n) is 4.16. The van der Waals surface area contributed by atoms with Crippen molar-refractivity contribution >= 4 is 33.2 Å². The number of hydrogen-bond acceptors (Lipinski definition) is 3. The molecule has 3 unspecified atom stereocenters. The Kier molecular flexibility index (Phi) is 3.75. The van der Waals surface area contributed by atoms with Gasteiger partial charge in [-0.2, -0.15) is 4.31 Å². The van der Waals surface area contributed by atoms with Crippen molar-refractivity contribution < 1.29 is 8.42 Å². The summed E-state index contributed by atoms with van der Waals surface area (Å²) in [6.45, 7) is 3.53. The van der Waals surface area contributed by atoms with Crippen molar-refractivity contribution in [2.45, 2.75) is 30.3 Å². The van der Waals surface area contributed by atoms with Gasteiger partial charge in [-0.25, -0.2) is 8.42 Å². The minimum absolute atomic E-state index is 0.00727. The quantitative estimate of drug-likeness (QED) is 0.903. The minimum atomic E-state index is -3.62. The van der Waals surface area contributed by atoms with E-state index in [1.807, 2.05) is 6.92 Å². The first-order valence-electron chi connectivity index (χ1n) is 6.60. The molecule has 2 aliphatic rings. The van der Waals surface area contributed by atoms with Crippen LogP contribution in [0.25, 0.3) is 0 Å². The minimum Gasteiger partial charge on any atom is -0.315 e. The molecule has 7 heteroatoms. The van der Waals surface area contributed by atoms with E-state index < -0.39 is 10.0 Å².